The van der Waals surface area contributed by atoms with Crippen molar-refractivity contribution in [1.29, 1.82) is 0 Å². The molecule has 1 amide bonds. The van der Waals surface area contributed by atoms with Gasteiger partial charge in [0.2, 0.25) is 0 Å². The van der Waals surface area contributed by atoms with E-state index in [0.717, 1.165) is 19.4 Å². The number of likely N-dealkylation sites (tertiary alicyclic amines) is 1. The van der Waals surface area contributed by atoms with E-state index < -0.39 is 5.60 Å². The van der Waals surface area contributed by atoms with Crippen LogP contribution in [0.3, 0.4) is 0 Å². The summed E-state index contributed by atoms with van der Waals surface area (Å²) in [4.78, 5) is 13.5. The van der Waals surface area contributed by atoms with Crippen molar-refractivity contribution in [2.75, 3.05) is 13.1 Å². The lowest BCUT2D eigenvalue weighted by Crippen LogP contribution is -2.47. The third kappa shape index (κ3) is 4.33. The molecule has 1 atom stereocenters. The molecule has 1 rings (SSSR count). The van der Waals surface area contributed by atoms with Crippen molar-refractivity contribution in [2.24, 2.45) is 0 Å². The van der Waals surface area contributed by atoms with Gasteiger partial charge in [0.05, 0.1) is 0 Å². The first-order valence-corrected chi connectivity index (χ1v) is 5.85. The first-order chi connectivity index (χ1) is 6.70. The predicted molar refractivity (Wildman–Crippen MR) is 64.4 cm³/mol. The van der Waals surface area contributed by atoms with Crippen LogP contribution in [-0.4, -0.2) is 34.4 Å². The van der Waals surface area contributed by atoms with Gasteiger partial charge in [-0.25, -0.2) is 4.79 Å². The standard InChI is InChI=1S/C11H21NO2S/c1-10(2,3)14-9(13)12-7-5-6-11(4,15)8-12/h15H,5-8H2,1-4H3. The van der Waals surface area contributed by atoms with Crippen molar-refractivity contribution in [3.05, 3.63) is 0 Å². The van der Waals surface area contributed by atoms with E-state index >= 15 is 0 Å². The molecule has 0 aromatic heterocycles. The highest BCUT2D eigenvalue weighted by atomic mass is 32.1. The normalized spacial score (nSPS) is 27.7. The fraction of sp³-hybridized carbons (Fsp3) is 0.909. The van der Waals surface area contributed by atoms with E-state index in [0.29, 0.717) is 6.54 Å². The van der Waals surface area contributed by atoms with Crippen molar-refractivity contribution in [2.45, 2.75) is 50.9 Å². The Labute approximate surface area is 97.6 Å². The molecule has 3 nitrogen and oxygen atoms in total. The lowest BCUT2D eigenvalue weighted by molar-refractivity contribution is 0.0192. The van der Waals surface area contributed by atoms with Crippen LogP contribution in [-0.2, 0) is 4.74 Å². The third-order valence-corrected chi connectivity index (χ3v) is 2.69. The minimum absolute atomic E-state index is 0.0743. The summed E-state index contributed by atoms with van der Waals surface area (Å²) in [5.74, 6) is 0. The predicted octanol–water partition coefficient (Wildman–Crippen LogP) is 2.71. The zero-order valence-electron chi connectivity index (χ0n) is 10.0. The lowest BCUT2D eigenvalue weighted by Gasteiger charge is -2.37. The molecule has 0 spiro atoms. The molecule has 0 aromatic carbocycles. The molecule has 1 aliphatic heterocycles. The zero-order chi connectivity index (χ0) is 11.7. The summed E-state index contributed by atoms with van der Waals surface area (Å²) in [6.45, 7) is 9.17. The Balaban J connectivity index is 2.53. The summed E-state index contributed by atoms with van der Waals surface area (Å²) in [5, 5.41) is 0. The van der Waals surface area contributed by atoms with Gasteiger partial charge in [-0.3, -0.25) is 0 Å². The van der Waals surface area contributed by atoms with E-state index in [2.05, 4.69) is 19.6 Å². The van der Waals surface area contributed by atoms with Gasteiger partial charge in [0.1, 0.15) is 5.60 Å². The van der Waals surface area contributed by atoms with Crippen molar-refractivity contribution in [1.82, 2.24) is 4.90 Å². The second-order valence-electron chi connectivity index (χ2n) is 5.50. The maximum absolute atomic E-state index is 11.8. The van der Waals surface area contributed by atoms with Crippen molar-refractivity contribution in [3.8, 4) is 0 Å². The van der Waals surface area contributed by atoms with E-state index in [9.17, 15) is 4.79 Å². The number of amides is 1. The van der Waals surface area contributed by atoms with E-state index in [1.54, 1.807) is 4.90 Å². The number of nitrogens with zero attached hydrogens (tertiary/aromatic N) is 1. The first kappa shape index (κ1) is 12.7. The van der Waals surface area contributed by atoms with Gasteiger partial charge in [-0.1, -0.05) is 0 Å². The number of piperidine rings is 1. The average molecular weight is 231 g/mol. The molecule has 0 N–H and O–H groups in total. The van der Waals surface area contributed by atoms with Gasteiger partial charge in [0, 0.05) is 17.8 Å². The fourth-order valence-electron chi connectivity index (χ4n) is 1.70. The highest BCUT2D eigenvalue weighted by Gasteiger charge is 2.32. The number of hydrogen-bond acceptors (Lipinski definition) is 3. The minimum atomic E-state index is -0.415. The molecule has 1 unspecified atom stereocenters. The highest BCUT2D eigenvalue weighted by molar-refractivity contribution is 7.81. The van der Waals surface area contributed by atoms with Crippen LogP contribution < -0.4 is 0 Å². The van der Waals surface area contributed by atoms with Crippen LogP contribution in [0.15, 0.2) is 0 Å². The minimum Gasteiger partial charge on any atom is -0.444 e. The van der Waals surface area contributed by atoms with Crippen LogP contribution in [0, 0.1) is 0 Å². The van der Waals surface area contributed by atoms with Crippen LogP contribution in [0.2, 0.25) is 0 Å². The molecule has 1 fully saturated rings. The molecular weight excluding hydrogens is 210 g/mol. The van der Waals surface area contributed by atoms with E-state index in [4.69, 9.17) is 4.74 Å². The Morgan fingerprint density at radius 3 is 2.53 bits per heavy atom. The molecule has 0 aromatic rings. The summed E-state index contributed by atoms with van der Waals surface area (Å²) >= 11 is 4.53. The van der Waals surface area contributed by atoms with Crippen LogP contribution >= 0.6 is 12.6 Å². The molecule has 0 saturated carbocycles. The van der Waals surface area contributed by atoms with Crippen molar-refractivity contribution < 1.29 is 9.53 Å². The third-order valence-electron chi connectivity index (χ3n) is 2.33. The summed E-state index contributed by atoms with van der Waals surface area (Å²) in [6, 6.07) is 0. The zero-order valence-corrected chi connectivity index (χ0v) is 10.9. The molecular formula is C11H21NO2S. The Hall–Kier alpha value is -0.380. The molecule has 15 heavy (non-hydrogen) atoms. The Morgan fingerprint density at radius 1 is 1.47 bits per heavy atom. The number of ether oxygens (including phenoxy) is 1. The van der Waals surface area contributed by atoms with Gasteiger partial charge in [-0.05, 0) is 40.5 Å². The molecule has 0 bridgehead atoms. The average Bonchev–Trinajstić information content (AvgIpc) is 1.99. The molecule has 1 saturated heterocycles. The number of hydrogen-bond donors (Lipinski definition) is 1. The summed E-state index contributed by atoms with van der Waals surface area (Å²) in [6.07, 6.45) is 1.83. The molecule has 0 aliphatic carbocycles. The van der Waals surface area contributed by atoms with Crippen LogP contribution in [0.5, 0.6) is 0 Å². The van der Waals surface area contributed by atoms with Crippen LogP contribution in [0.25, 0.3) is 0 Å². The number of carbonyl (C=O) groups is 1. The van der Waals surface area contributed by atoms with Gasteiger partial charge in [-0.2, -0.15) is 12.6 Å². The van der Waals surface area contributed by atoms with Gasteiger partial charge in [-0.15, -0.1) is 0 Å². The molecule has 4 heteroatoms. The second-order valence-corrected chi connectivity index (χ2v) is 6.58. The Bertz CT molecular complexity index is 245. The fourth-order valence-corrected chi connectivity index (χ4v) is 2.03. The maximum atomic E-state index is 11.8. The maximum Gasteiger partial charge on any atom is 0.410 e. The lowest BCUT2D eigenvalue weighted by atomic mass is 9.99. The highest BCUT2D eigenvalue weighted by Crippen LogP contribution is 2.27. The summed E-state index contributed by atoms with van der Waals surface area (Å²) in [7, 11) is 0. The SMILES string of the molecule is CC1(S)CCCN(C(=O)OC(C)(C)C)C1. The van der Waals surface area contributed by atoms with Gasteiger partial charge < -0.3 is 9.64 Å². The number of carbonyl (C=O) groups excluding carboxylic acids is 1. The van der Waals surface area contributed by atoms with Crippen LogP contribution in [0.4, 0.5) is 4.79 Å². The molecule has 0 radical (unpaired) electrons. The molecule has 1 aliphatic rings. The first-order valence-electron chi connectivity index (χ1n) is 5.40. The van der Waals surface area contributed by atoms with E-state index in [-0.39, 0.29) is 10.8 Å². The van der Waals surface area contributed by atoms with Crippen molar-refractivity contribution in [3.63, 3.8) is 0 Å². The number of rotatable bonds is 0. The van der Waals surface area contributed by atoms with Crippen molar-refractivity contribution >= 4 is 18.7 Å². The number of thiol groups is 1. The van der Waals surface area contributed by atoms with Gasteiger partial charge in [0.15, 0.2) is 0 Å². The Kier molecular flexibility index (Phi) is 3.59. The van der Waals surface area contributed by atoms with Gasteiger partial charge in [0.25, 0.3) is 0 Å². The van der Waals surface area contributed by atoms with Crippen LogP contribution in [0.1, 0.15) is 40.5 Å². The van der Waals surface area contributed by atoms with Gasteiger partial charge >= 0.3 is 6.09 Å². The van der Waals surface area contributed by atoms with E-state index in [1.165, 1.54) is 0 Å². The smallest absolute Gasteiger partial charge is 0.410 e. The monoisotopic (exact) mass is 231 g/mol. The Morgan fingerprint density at radius 2 is 2.07 bits per heavy atom. The molecule has 1 heterocycles. The summed E-state index contributed by atoms with van der Waals surface area (Å²) < 4.78 is 5.25. The summed E-state index contributed by atoms with van der Waals surface area (Å²) in [5.41, 5.74) is -0.415. The quantitative estimate of drug-likeness (QED) is 0.650. The largest absolute Gasteiger partial charge is 0.444 e. The molecule has 88 valence electrons. The topological polar surface area (TPSA) is 29.5 Å². The second kappa shape index (κ2) is 4.24. The van der Waals surface area contributed by atoms with E-state index in [1.807, 2.05) is 20.8 Å².